The molecule has 3 heterocycles. The Morgan fingerprint density at radius 1 is 0.775 bits per heavy atom. The predicted octanol–water partition coefficient (Wildman–Crippen LogP) is 1.74. The average molecular weight is 556 g/mol. The van der Waals surface area contributed by atoms with Crippen LogP contribution in [0.5, 0.6) is 5.88 Å². The fraction of sp³-hybridized carbons (Fsp3) is 0. The summed E-state index contributed by atoms with van der Waals surface area (Å²) >= 11 is 0. The number of aromatic nitrogens is 2. The van der Waals surface area contributed by atoms with Gasteiger partial charge in [-0.15, -0.1) is 0 Å². The molecule has 198 valence electrons. The topological polar surface area (TPSA) is 216 Å². The lowest BCUT2D eigenvalue weighted by atomic mass is 10.0. The zero-order valence-electron chi connectivity index (χ0n) is 20.2. The minimum Gasteiger partial charge on any atom is -0.494 e. The van der Waals surface area contributed by atoms with Crippen LogP contribution in [0.2, 0.25) is 0 Å². The van der Waals surface area contributed by atoms with E-state index in [4.69, 9.17) is 5.73 Å². The normalized spacial score (nSPS) is 16.1. The maximum atomic E-state index is 12.5. The third kappa shape index (κ3) is 4.32. The summed E-state index contributed by atoms with van der Waals surface area (Å²) in [7, 11) is -4.66. The van der Waals surface area contributed by atoms with Crippen molar-refractivity contribution in [3.63, 3.8) is 0 Å². The number of aliphatic imine (C=N–C) groups is 4. The van der Waals surface area contributed by atoms with Crippen LogP contribution in [-0.4, -0.2) is 51.3 Å². The molecule has 4 aromatic rings. The van der Waals surface area contributed by atoms with E-state index in [2.05, 4.69) is 29.9 Å². The summed E-state index contributed by atoms with van der Waals surface area (Å²) in [6.07, 6.45) is 0. The van der Waals surface area contributed by atoms with Gasteiger partial charge in [0.05, 0.1) is 22.0 Å². The van der Waals surface area contributed by atoms with Gasteiger partial charge in [0.15, 0.2) is 11.7 Å². The van der Waals surface area contributed by atoms with Crippen molar-refractivity contribution in [3.05, 3.63) is 115 Å². The number of aromatic amines is 2. The Labute approximate surface area is 224 Å². The highest BCUT2D eigenvalue weighted by molar-refractivity contribution is 7.85. The number of rotatable bonds is 4. The molecule has 14 heteroatoms. The van der Waals surface area contributed by atoms with Crippen LogP contribution in [0.3, 0.4) is 0 Å². The van der Waals surface area contributed by atoms with Gasteiger partial charge in [-0.05, 0) is 18.2 Å². The van der Waals surface area contributed by atoms with E-state index in [1.54, 1.807) is 48.5 Å². The van der Waals surface area contributed by atoms with E-state index in [1.807, 2.05) is 0 Å². The molecular weight excluding hydrogens is 538 g/mol. The smallest absolute Gasteiger partial charge is 0.328 e. The fourth-order valence-corrected chi connectivity index (χ4v) is 4.93. The van der Waals surface area contributed by atoms with E-state index in [-0.39, 0.29) is 40.2 Å². The minimum atomic E-state index is -4.66. The molecule has 0 atom stereocenters. The van der Waals surface area contributed by atoms with Crippen LogP contribution in [0.1, 0.15) is 27.8 Å². The second-order valence-corrected chi connectivity index (χ2v) is 10.1. The van der Waals surface area contributed by atoms with Gasteiger partial charge in [-0.2, -0.15) is 8.42 Å². The van der Waals surface area contributed by atoms with Crippen LogP contribution in [0, 0.1) is 0 Å². The van der Waals surface area contributed by atoms with Crippen LogP contribution in [-0.2, 0) is 10.1 Å². The minimum absolute atomic E-state index is 0.0446. The highest BCUT2D eigenvalue weighted by Gasteiger charge is 2.27. The molecule has 0 saturated carbocycles. The molecule has 40 heavy (non-hydrogen) atoms. The van der Waals surface area contributed by atoms with Gasteiger partial charge in [0, 0.05) is 22.3 Å². The third-order valence-corrected chi connectivity index (χ3v) is 6.95. The Kier molecular flexibility index (Phi) is 5.64. The first-order chi connectivity index (χ1) is 19.1. The number of nitrogens with one attached hydrogen (secondary N) is 2. The number of nitrogens with two attached hydrogens (primary N) is 1. The van der Waals surface area contributed by atoms with Gasteiger partial charge >= 0.3 is 5.69 Å². The Hall–Kier alpha value is -5.47. The molecule has 0 spiro atoms. The first kappa shape index (κ1) is 24.8. The van der Waals surface area contributed by atoms with Crippen LogP contribution in [0.25, 0.3) is 0 Å². The van der Waals surface area contributed by atoms with Crippen molar-refractivity contribution in [2.75, 3.05) is 0 Å². The lowest BCUT2D eigenvalue weighted by Gasteiger charge is -2.05. The number of H-pyrrole nitrogens is 2. The zero-order chi connectivity index (χ0) is 28.2. The molecule has 0 bridgehead atoms. The quantitative estimate of drug-likeness (QED) is 0.235. The second kappa shape index (κ2) is 9.07. The third-order valence-electron chi connectivity index (χ3n) is 6.11. The molecule has 0 aliphatic carbocycles. The van der Waals surface area contributed by atoms with Crippen molar-refractivity contribution in [3.8, 4) is 5.88 Å². The number of benzene rings is 3. The van der Waals surface area contributed by atoms with Gasteiger partial charge in [-0.1, -0.05) is 48.5 Å². The molecule has 3 aromatic carbocycles. The van der Waals surface area contributed by atoms with E-state index in [9.17, 15) is 27.7 Å². The first-order valence-corrected chi connectivity index (χ1v) is 13.0. The van der Waals surface area contributed by atoms with Gasteiger partial charge in [0.25, 0.3) is 15.7 Å². The Bertz CT molecular complexity index is 2110. The number of fused-ring (bicyclic) bond motifs is 2. The summed E-state index contributed by atoms with van der Waals surface area (Å²) in [6.45, 7) is 0. The molecule has 2 aliphatic rings. The van der Waals surface area contributed by atoms with E-state index >= 15 is 0 Å². The highest BCUT2D eigenvalue weighted by Crippen LogP contribution is 2.31. The van der Waals surface area contributed by atoms with Gasteiger partial charge in [-0.3, -0.25) is 19.3 Å². The summed E-state index contributed by atoms with van der Waals surface area (Å²) in [4.78, 5) is 45.4. The zero-order valence-corrected chi connectivity index (χ0v) is 21.0. The number of hydrogen-bond donors (Lipinski definition) is 5. The Balaban J connectivity index is 1.52. The monoisotopic (exact) mass is 555 g/mol. The molecular formula is C26H17N7O6S. The van der Waals surface area contributed by atoms with Crippen LogP contribution in [0.15, 0.2) is 101 Å². The maximum Gasteiger partial charge on any atom is 0.328 e. The van der Waals surface area contributed by atoms with Crippen LogP contribution >= 0.6 is 0 Å². The number of aromatic hydroxyl groups is 1. The molecule has 0 radical (unpaired) electrons. The molecule has 6 rings (SSSR count). The molecule has 0 fully saturated rings. The number of amidine groups is 3. The second-order valence-electron chi connectivity index (χ2n) is 8.71. The van der Waals surface area contributed by atoms with Crippen molar-refractivity contribution in [1.82, 2.24) is 9.97 Å². The SMILES string of the molecule is NC1=NC(=Nc2cc(N=C3N=C(c4c(O)[nH]c(=O)[nH]c4=O)c4ccccc43)cc(S(=O)(=O)O)c2)c2ccccc21. The molecule has 0 amide bonds. The predicted molar refractivity (Wildman–Crippen MR) is 147 cm³/mol. The van der Waals surface area contributed by atoms with E-state index in [0.29, 0.717) is 22.3 Å². The summed E-state index contributed by atoms with van der Waals surface area (Å²) in [6, 6.07) is 17.6. The average Bonchev–Trinajstić information content (AvgIpc) is 3.40. The summed E-state index contributed by atoms with van der Waals surface area (Å²) in [5.74, 6) is -0.0916. The van der Waals surface area contributed by atoms with Gasteiger partial charge in [-0.25, -0.2) is 24.8 Å². The summed E-state index contributed by atoms with van der Waals surface area (Å²) in [5.41, 5.74) is 6.43. The Morgan fingerprint density at radius 3 is 1.93 bits per heavy atom. The van der Waals surface area contributed by atoms with Gasteiger partial charge in [0.2, 0.25) is 5.88 Å². The first-order valence-electron chi connectivity index (χ1n) is 11.6. The van der Waals surface area contributed by atoms with Crippen LogP contribution < -0.4 is 17.0 Å². The van der Waals surface area contributed by atoms with Crippen LogP contribution in [0.4, 0.5) is 11.4 Å². The van der Waals surface area contributed by atoms with Crippen molar-refractivity contribution in [1.29, 1.82) is 0 Å². The van der Waals surface area contributed by atoms with Crippen molar-refractivity contribution >= 4 is 44.7 Å². The molecule has 2 aliphatic heterocycles. The lowest BCUT2D eigenvalue weighted by Crippen LogP contribution is -2.27. The number of nitrogens with zero attached hydrogens (tertiary/aromatic N) is 4. The van der Waals surface area contributed by atoms with Gasteiger partial charge < -0.3 is 10.8 Å². The lowest BCUT2D eigenvalue weighted by molar-refractivity contribution is 0.447. The maximum absolute atomic E-state index is 12.5. The molecule has 6 N–H and O–H groups in total. The fourth-order valence-electron chi connectivity index (χ4n) is 4.39. The number of hydrogen-bond acceptors (Lipinski definition) is 8. The largest absolute Gasteiger partial charge is 0.494 e. The van der Waals surface area contributed by atoms with E-state index in [1.165, 1.54) is 6.07 Å². The Morgan fingerprint density at radius 2 is 1.32 bits per heavy atom. The van der Waals surface area contributed by atoms with Crippen molar-refractivity contribution in [2.24, 2.45) is 25.7 Å². The van der Waals surface area contributed by atoms with E-state index < -0.39 is 32.1 Å². The standard InChI is InChI=1S/C26H17N7O6S/c27-21-16-6-2-4-8-18(16)23(31-21)29-13-9-12(10-14(11-13)40(37,38)39)28-22-17-7-3-1-5-15(17)20(30-22)19-24(34)32-26(36)33-25(19)35/h1-11H,(H2,27,29,31)(H,37,38,39)(H3,32,33,34,35,36). The van der Waals surface area contributed by atoms with Gasteiger partial charge in [0.1, 0.15) is 11.4 Å². The molecule has 0 unspecified atom stereocenters. The summed E-state index contributed by atoms with van der Waals surface area (Å²) < 4.78 is 34.0. The summed E-state index contributed by atoms with van der Waals surface area (Å²) in [5, 5.41) is 10.3. The highest BCUT2D eigenvalue weighted by atomic mass is 32.2. The van der Waals surface area contributed by atoms with E-state index in [0.717, 1.165) is 12.1 Å². The molecule has 0 saturated heterocycles. The molecule has 13 nitrogen and oxygen atoms in total. The molecule has 1 aromatic heterocycles. The van der Waals surface area contributed by atoms with Crippen molar-refractivity contribution < 1.29 is 18.1 Å². The van der Waals surface area contributed by atoms with Crippen molar-refractivity contribution in [2.45, 2.75) is 4.90 Å².